The summed E-state index contributed by atoms with van der Waals surface area (Å²) in [7, 11) is -0.766. The van der Waals surface area contributed by atoms with E-state index in [1.54, 1.807) is 11.8 Å². The van der Waals surface area contributed by atoms with Crippen LogP contribution in [0, 0.1) is 6.92 Å². The molecule has 6 nitrogen and oxygen atoms in total. The van der Waals surface area contributed by atoms with Gasteiger partial charge in [0.05, 0.1) is 17.4 Å². The molecule has 4 heterocycles. The molecule has 3 aliphatic heterocycles. The van der Waals surface area contributed by atoms with Gasteiger partial charge >= 0.3 is 7.12 Å². The topological polar surface area (TPSA) is 85.0 Å². The minimum atomic E-state index is -0.766. The average molecular weight is 523 g/mol. The van der Waals surface area contributed by atoms with Crippen molar-refractivity contribution in [1.29, 1.82) is 0 Å². The van der Waals surface area contributed by atoms with Crippen molar-refractivity contribution in [2.45, 2.75) is 42.5 Å². The molecule has 2 aromatic carbocycles. The molecule has 0 bridgehead atoms. The molecule has 36 heavy (non-hydrogen) atoms. The van der Waals surface area contributed by atoms with E-state index in [9.17, 15) is 9.82 Å². The molecular formula is C27H31BN2O4S2. The number of rotatable bonds is 4. The van der Waals surface area contributed by atoms with Gasteiger partial charge < -0.3 is 25.0 Å². The maximum absolute atomic E-state index is 10.8. The molecule has 1 aromatic heterocycles. The van der Waals surface area contributed by atoms with E-state index >= 15 is 0 Å². The summed E-state index contributed by atoms with van der Waals surface area (Å²) in [6.07, 6.45) is 5.00. The van der Waals surface area contributed by atoms with Gasteiger partial charge in [-0.05, 0) is 60.3 Å². The summed E-state index contributed by atoms with van der Waals surface area (Å²) in [6.45, 7) is 5.56. The second-order valence-electron chi connectivity index (χ2n) is 9.54. The number of hydrogen-bond acceptors (Lipinski definition) is 7. The first-order chi connectivity index (χ1) is 17.5. The number of piperidine rings is 1. The highest BCUT2D eigenvalue weighted by Gasteiger charge is 2.43. The molecule has 1 saturated heterocycles. The molecule has 1 amide bonds. The van der Waals surface area contributed by atoms with E-state index in [1.807, 2.05) is 40.5 Å². The average Bonchev–Trinajstić information content (AvgIpc) is 3.60. The lowest BCUT2D eigenvalue weighted by molar-refractivity contribution is -0.119. The van der Waals surface area contributed by atoms with Gasteiger partial charge in [-0.2, -0.15) is 0 Å². The van der Waals surface area contributed by atoms with Gasteiger partial charge in [0.1, 0.15) is 5.75 Å². The summed E-state index contributed by atoms with van der Waals surface area (Å²) >= 11 is 3.59. The monoisotopic (exact) mass is 522 g/mol. The molecule has 0 unspecified atom stereocenters. The summed E-state index contributed by atoms with van der Waals surface area (Å²) in [4.78, 5) is 13.9. The molecule has 0 atom stereocenters. The van der Waals surface area contributed by atoms with Crippen molar-refractivity contribution in [2.75, 3.05) is 26.0 Å². The van der Waals surface area contributed by atoms with Crippen molar-refractivity contribution in [3.63, 3.8) is 0 Å². The summed E-state index contributed by atoms with van der Waals surface area (Å²) < 4.78 is 12.5. The van der Waals surface area contributed by atoms with Crippen LogP contribution in [0.3, 0.4) is 0 Å². The number of ether oxygens (including phenoxy) is 1. The van der Waals surface area contributed by atoms with Crippen LogP contribution in [0.1, 0.15) is 34.4 Å². The van der Waals surface area contributed by atoms with Crippen LogP contribution in [0.15, 0.2) is 46.7 Å². The number of fused-ring (bicyclic) bond motifs is 3. The van der Waals surface area contributed by atoms with Crippen LogP contribution >= 0.6 is 23.1 Å². The molecule has 188 valence electrons. The Morgan fingerprint density at radius 3 is 2.75 bits per heavy atom. The van der Waals surface area contributed by atoms with Crippen LogP contribution in [-0.4, -0.2) is 49.4 Å². The Hall–Kier alpha value is -2.30. The second-order valence-corrected chi connectivity index (χ2v) is 11.9. The zero-order valence-corrected chi connectivity index (χ0v) is 22.3. The van der Waals surface area contributed by atoms with E-state index in [2.05, 4.69) is 31.4 Å². The van der Waals surface area contributed by atoms with Gasteiger partial charge in [-0.3, -0.25) is 4.79 Å². The minimum Gasteiger partial charge on any atom is -0.492 e. The molecule has 6 rings (SSSR count). The predicted molar refractivity (Wildman–Crippen MR) is 147 cm³/mol. The molecule has 0 aliphatic carbocycles. The van der Waals surface area contributed by atoms with Gasteiger partial charge in [0.15, 0.2) is 0 Å². The summed E-state index contributed by atoms with van der Waals surface area (Å²) in [5.41, 5.74) is 12.7. The molecule has 9 heteroatoms. The molecule has 3 N–H and O–H groups in total. The first-order valence-corrected chi connectivity index (χ1v) is 14.2. The maximum Gasteiger partial charge on any atom is 0.491 e. The van der Waals surface area contributed by atoms with Crippen LogP contribution in [-0.2, 0) is 28.0 Å². The number of nitrogens with two attached hydrogens (primary N) is 1. The zero-order chi connectivity index (χ0) is 25.3. The van der Waals surface area contributed by atoms with E-state index < -0.39 is 7.12 Å². The number of hydrogen-bond donors (Lipinski definition) is 2. The highest BCUT2D eigenvalue weighted by Crippen LogP contribution is 2.45. The number of thioether (sulfide) groups is 1. The fraction of sp³-hybridized carbons (Fsp3) is 0.370. The van der Waals surface area contributed by atoms with Gasteiger partial charge in [-0.15, -0.1) is 23.1 Å². The Bertz CT molecular complexity index is 1260. The third-order valence-corrected chi connectivity index (χ3v) is 9.61. The summed E-state index contributed by atoms with van der Waals surface area (Å²) in [5.74, 6) is 0.992. The van der Waals surface area contributed by atoms with Gasteiger partial charge in [-0.25, -0.2) is 0 Å². The lowest BCUT2D eigenvalue weighted by Crippen LogP contribution is -2.43. The number of nitrogens with zero attached hydrogens (tertiary/aromatic N) is 1. The third-order valence-electron chi connectivity index (χ3n) is 7.42. The highest BCUT2D eigenvalue weighted by molar-refractivity contribution is 8.00. The Balaban J connectivity index is 0.000000148. The SMILES string of the molecule is CSc1sc(C)cc1-c1cccc2c1COB2O.NCc1ccc2c(c1)C1(CCN(C=O)CC1)CO2. The molecule has 1 spiro atoms. The van der Waals surface area contributed by atoms with Crippen LogP contribution in [0.4, 0.5) is 0 Å². The number of aryl methyl sites for hydroxylation is 1. The molecule has 1 fully saturated rings. The molecule has 3 aromatic rings. The van der Waals surface area contributed by atoms with Crippen molar-refractivity contribution in [2.24, 2.45) is 5.73 Å². The third kappa shape index (κ3) is 4.71. The second kappa shape index (κ2) is 10.6. The maximum atomic E-state index is 10.8. The van der Waals surface area contributed by atoms with Crippen molar-refractivity contribution in [3.8, 4) is 16.9 Å². The van der Waals surface area contributed by atoms with Crippen LogP contribution in [0.25, 0.3) is 11.1 Å². The fourth-order valence-electron chi connectivity index (χ4n) is 5.34. The number of thiophene rings is 1. The van der Waals surface area contributed by atoms with Crippen molar-refractivity contribution in [3.05, 3.63) is 64.0 Å². The summed E-state index contributed by atoms with van der Waals surface area (Å²) in [6, 6.07) is 14.5. The van der Waals surface area contributed by atoms with E-state index in [0.717, 1.165) is 61.3 Å². The number of amides is 1. The van der Waals surface area contributed by atoms with Gasteiger partial charge in [0.2, 0.25) is 6.41 Å². The van der Waals surface area contributed by atoms with E-state index in [0.29, 0.717) is 13.2 Å². The van der Waals surface area contributed by atoms with Gasteiger partial charge in [0.25, 0.3) is 0 Å². The number of benzene rings is 2. The largest absolute Gasteiger partial charge is 0.492 e. The van der Waals surface area contributed by atoms with Gasteiger partial charge in [-0.1, -0.05) is 30.3 Å². The van der Waals surface area contributed by atoms with E-state index in [4.69, 9.17) is 15.1 Å². The van der Waals surface area contributed by atoms with Crippen molar-refractivity contribution >= 4 is 42.1 Å². The van der Waals surface area contributed by atoms with E-state index in [-0.39, 0.29) is 5.41 Å². The molecule has 0 saturated carbocycles. The molecule has 3 aliphatic rings. The highest BCUT2D eigenvalue weighted by atomic mass is 32.2. The number of carbonyl (C=O) groups excluding carboxylic acids is 1. The first-order valence-electron chi connectivity index (χ1n) is 12.2. The fourth-order valence-corrected chi connectivity index (χ4v) is 7.21. The van der Waals surface area contributed by atoms with Crippen LogP contribution < -0.4 is 15.9 Å². The van der Waals surface area contributed by atoms with Crippen LogP contribution in [0.2, 0.25) is 0 Å². The van der Waals surface area contributed by atoms with Crippen molar-refractivity contribution < 1.29 is 19.2 Å². The molecular weight excluding hydrogens is 491 g/mol. The smallest absolute Gasteiger partial charge is 0.491 e. The lowest BCUT2D eigenvalue weighted by Gasteiger charge is -2.36. The van der Waals surface area contributed by atoms with Crippen LogP contribution in [0.5, 0.6) is 5.75 Å². The molecule has 0 radical (unpaired) electrons. The van der Waals surface area contributed by atoms with E-state index in [1.165, 1.54) is 25.8 Å². The first kappa shape index (κ1) is 25.4. The predicted octanol–water partition coefficient (Wildman–Crippen LogP) is 3.69. The number of likely N-dealkylation sites (tertiary alicyclic amines) is 1. The normalized spacial score (nSPS) is 17.3. The standard InChI is InChI=1S/C14H18N2O2.C13H13BO2S2/c15-8-11-1-2-13-12(7-11)14(9-18-13)3-5-16(10-17)6-4-14;1-8-6-10(13(17-2)18-8)9-4-3-5-12-11(9)7-16-14(12)15/h1-2,7,10H,3-6,8-9,15H2;3-6,15H,7H2,1-2H3. The Labute approximate surface area is 220 Å². The Morgan fingerprint density at radius 1 is 1.22 bits per heavy atom. The van der Waals surface area contributed by atoms with Gasteiger partial charge in [0, 0.05) is 41.1 Å². The summed E-state index contributed by atoms with van der Waals surface area (Å²) in [5, 5.41) is 9.76. The Kier molecular flexibility index (Phi) is 7.46. The quantitative estimate of drug-likeness (QED) is 0.309. The number of carbonyl (C=O) groups is 1. The minimum absolute atomic E-state index is 0.0972. The van der Waals surface area contributed by atoms with Crippen molar-refractivity contribution in [1.82, 2.24) is 4.90 Å². The lowest BCUT2D eigenvalue weighted by atomic mass is 9.74. The zero-order valence-electron chi connectivity index (χ0n) is 20.7. The Morgan fingerprint density at radius 2 is 2.03 bits per heavy atom.